The zero-order valence-electron chi connectivity index (χ0n) is 16.4. The molecule has 0 spiro atoms. The number of rotatable bonds is 6. The summed E-state index contributed by atoms with van der Waals surface area (Å²) in [7, 11) is 0. The lowest BCUT2D eigenvalue weighted by Gasteiger charge is -2.20. The molecule has 0 unspecified atom stereocenters. The van der Waals surface area contributed by atoms with Gasteiger partial charge in [0.05, 0.1) is 17.4 Å². The molecule has 0 aliphatic carbocycles. The predicted molar refractivity (Wildman–Crippen MR) is 122 cm³/mol. The number of aromatic nitrogens is 3. The zero-order valence-corrected chi connectivity index (χ0v) is 18.5. The van der Waals surface area contributed by atoms with Crippen molar-refractivity contribution >= 4 is 40.0 Å². The smallest absolute Gasteiger partial charge is 0.300 e. The highest BCUT2D eigenvalue weighted by atomic mass is 127. The number of H-pyrrole nitrogens is 1. The molecule has 1 atom stereocenters. The first-order chi connectivity index (χ1) is 14.8. The molecule has 1 fully saturated rings. The van der Waals surface area contributed by atoms with E-state index in [0.717, 1.165) is 22.6 Å². The number of anilines is 2. The SMILES string of the molecule is O=C(Nc1ccc(CC(F)(F)I)cc1)c1cnc(N2CC[C@H](O)C2)c(-c2ccn[nH]2)c1. The third-order valence-electron chi connectivity index (χ3n) is 5.00. The molecule has 3 aromatic rings. The number of pyridine rings is 1. The van der Waals surface area contributed by atoms with Gasteiger partial charge in [-0.25, -0.2) is 4.98 Å². The number of nitrogens with zero attached hydrogens (tertiary/aromatic N) is 3. The van der Waals surface area contributed by atoms with Gasteiger partial charge >= 0.3 is 3.93 Å². The fourth-order valence-electron chi connectivity index (χ4n) is 3.51. The Morgan fingerprint density at radius 1 is 1.32 bits per heavy atom. The molecule has 0 saturated carbocycles. The first-order valence-corrected chi connectivity index (χ1v) is 10.8. The largest absolute Gasteiger partial charge is 0.391 e. The number of hydrogen-bond donors (Lipinski definition) is 3. The van der Waals surface area contributed by atoms with E-state index >= 15 is 0 Å². The van der Waals surface area contributed by atoms with Crippen molar-refractivity contribution < 1.29 is 18.7 Å². The van der Waals surface area contributed by atoms with Crippen LogP contribution in [0.15, 0.2) is 48.8 Å². The van der Waals surface area contributed by atoms with Crippen LogP contribution in [0.1, 0.15) is 22.3 Å². The molecular weight excluding hydrogens is 519 g/mol. The van der Waals surface area contributed by atoms with Crippen LogP contribution in [0.5, 0.6) is 0 Å². The number of carbonyl (C=O) groups excluding carboxylic acids is 1. The maximum Gasteiger partial charge on any atom is 0.300 e. The van der Waals surface area contributed by atoms with Crippen LogP contribution in [0.25, 0.3) is 11.3 Å². The average molecular weight is 539 g/mol. The number of benzene rings is 1. The Morgan fingerprint density at radius 2 is 2.10 bits per heavy atom. The molecule has 3 heterocycles. The van der Waals surface area contributed by atoms with Crippen LogP contribution >= 0.6 is 22.6 Å². The Bertz CT molecular complexity index is 1050. The molecule has 2 aromatic heterocycles. The minimum atomic E-state index is -2.82. The summed E-state index contributed by atoms with van der Waals surface area (Å²) < 4.78 is 23.5. The van der Waals surface area contributed by atoms with Gasteiger partial charge in [0.15, 0.2) is 0 Å². The van der Waals surface area contributed by atoms with Gasteiger partial charge in [0.25, 0.3) is 5.91 Å². The van der Waals surface area contributed by atoms with E-state index in [2.05, 4.69) is 20.5 Å². The monoisotopic (exact) mass is 539 g/mol. The standard InChI is InChI=1S/C21H20F2IN5O2/c22-21(23,24)10-13-1-3-15(4-2-13)27-20(31)14-9-17(18-5-7-26-28-18)19(25-11-14)29-8-6-16(30)12-29/h1-5,7,9,11,16,30H,6,8,10,12H2,(H,26,28)(H,27,31)/t16-/m0/s1. The summed E-state index contributed by atoms with van der Waals surface area (Å²) in [5.74, 6) is 0.301. The summed E-state index contributed by atoms with van der Waals surface area (Å²) in [5, 5.41) is 19.5. The third-order valence-corrected chi connectivity index (χ3v) is 5.38. The minimum Gasteiger partial charge on any atom is -0.391 e. The quantitative estimate of drug-likeness (QED) is 0.327. The number of amides is 1. The molecule has 162 valence electrons. The number of β-amino-alcohol motifs (C(OH)–C–C–N with tert-alkyl or cyclic N) is 1. The van der Waals surface area contributed by atoms with Gasteiger partial charge in [0, 0.05) is 43.2 Å². The Hall–Kier alpha value is -2.60. The number of aromatic amines is 1. The highest BCUT2D eigenvalue weighted by molar-refractivity contribution is 14.1. The van der Waals surface area contributed by atoms with Crippen molar-refractivity contribution in [1.29, 1.82) is 0 Å². The second-order valence-electron chi connectivity index (χ2n) is 7.40. The number of alkyl halides is 3. The van der Waals surface area contributed by atoms with Gasteiger partial charge in [-0.2, -0.15) is 13.9 Å². The van der Waals surface area contributed by atoms with E-state index in [1.54, 1.807) is 42.6 Å². The first-order valence-electron chi connectivity index (χ1n) is 9.68. The molecular formula is C21H20F2IN5O2. The van der Waals surface area contributed by atoms with E-state index in [0.29, 0.717) is 53.4 Å². The summed E-state index contributed by atoms with van der Waals surface area (Å²) in [4.78, 5) is 19.2. The lowest BCUT2D eigenvalue weighted by atomic mass is 10.1. The van der Waals surface area contributed by atoms with Crippen molar-refractivity contribution in [3.05, 3.63) is 59.9 Å². The zero-order chi connectivity index (χ0) is 22.0. The maximum absolute atomic E-state index is 13.1. The first kappa shape index (κ1) is 21.6. The molecule has 1 aromatic carbocycles. The van der Waals surface area contributed by atoms with Crippen LogP contribution in [-0.2, 0) is 6.42 Å². The topological polar surface area (TPSA) is 94.1 Å². The van der Waals surface area contributed by atoms with Crippen LogP contribution in [0.2, 0.25) is 0 Å². The fourth-order valence-corrected chi connectivity index (χ4v) is 3.95. The molecule has 31 heavy (non-hydrogen) atoms. The molecule has 1 aliphatic rings. The van der Waals surface area contributed by atoms with Crippen LogP contribution < -0.4 is 10.2 Å². The van der Waals surface area contributed by atoms with Crippen molar-refractivity contribution in [1.82, 2.24) is 15.2 Å². The lowest BCUT2D eigenvalue weighted by molar-refractivity contribution is 0.102. The second kappa shape index (κ2) is 8.87. The van der Waals surface area contributed by atoms with Crippen molar-refractivity contribution in [2.75, 3.05) is 23.3 Å². The van der Waals surface area contributed by atoms with Crippen LogP contribution in [0.3, 0.4) is 0 Å². The predicted octanol–water partition coefficient (Wildman–Crippen LogP) is 3.87. The Balaban J connectivity index is 1.55. The van der Waals surface area contributed by atoms with Crippen molar-refractivity contribution in [3.63, 3.8) is 0 Å². The van der Waals surface area contributed by atoms with Crippen LogP contribution in [-0.4, -0.2) is 49.3 Å². The summed E-state index contributed by atoms with van der Waals surface area (Å²) in [6.45, 7) is 1.14. The van der Waals surface area contributed by atoms with Gasteiger partial charge < -0.3 is 15.3 Å². The van der Waals surface area contributed by atoms with Gasteiger partial charge in [0.2, 0.25) is 0 Å². The fraction of sp³-hybridized carbons (Fsp3) is 0.286. The van der Waals surface area contributed by atoms with Crippen molar-refractivity contribution in [2.45, 2.75) is 22.9 Å². The van der Waals surface area contributed by atoms with Gasteiger partial charge in [-0.05, 0) is 58.8 Å². The molecule has 10 heteroatoms. The summed E-state index contributed by atoms with van der Waals surface area (Å²) in [6, 6.07) is 9.84. The minimum absolute atomic E-state index is 0.343. The Morgan fingerprint density at radius 3 is 2.71 bits per heavy atom. The number of aliphatic hydroxyl groups excluding tert-OH is 1. The maximum atomic E-state index is 13.1. The Kier molecular flexibility index (Phi) is 6.19. The van der Waals surface area contributed by atoms with Crippen molar-refractivity contribution in [3.8, 4) is 11.3 Å². The summed E-state index contributed by atoms with van der Waals surface area (Å²) in [5.41, 5.74) is 2.75. The molecule has 3 N–H and O–H groups in total. The summed E-state index contributed by atoms with van der Waals surface area (Å²) in [6.07, 6.45) is 2.98. The normalized spacial score (nSPS) is 16.5. The van der Waals surface area contributed by atoms with Crippen LogP contribution in [0, 0.1) is 0 Å². The molecule has 4 rings (SSSR count). The van der Waals surface area contributed by atoms with Gasteiger partial charge in [-0.15, -0.1) is 0 Å². The van der Waals surface area contributed by atoms with E-state index in [-0.39, 0.29) is 12.3 Å². The van der Waals surface area contributed by atoms with E-state index in [1.807, 2.05) is 4.90 Å². The Labute approximate surface area is 191 Å². The summed E-state index contributed by atoms with van der Waals surface area (Å²) >= 11 is 1.11. The number of hydrogen-bond acceptors (Lipinski definition) is 5. The third kappa shape index (κ3) is 5.37. The number of halogens is 3. The average Bonchev–Trinajstić information content (AvgIpc) is 3.40. The second-order valence-corrected chi connectivity index (χ2v) is 8.98. The number of carbonyl (C=O) groups is 1. The van der Waals surface area contributed by atoms with E-state index < -0.39 is 10.0 Å². The van der Waals surface area contributed by atoms with Gasteiger partial charge in [-0.1, -0.05) is 12.1 Å². The lowest BCUT2D eigenvalue weighted by Crippen LogP contribution is -2.23. The highest BCUT2D eigenvalue weighted by Gasteiger charge is 2.26. The van der Waals surface area contributed by atoms with Gasteiger partial charge in [-0.3, -0.25) is 9.89 Å². The highest BCUT2D eigenvalue weighted by Crippen LogP contribution is 2.31. The number of aliphatic hydroxyl groups is 1. The molecule has 0 radical (unpaired) electrons. The van der Waals surface area contributed by atoms with E-state index in [9.17, 15) is 18.7 Å². The molecule has 7 nitrogen and oxygen atoms in total. The van der Waals surface area contributed by atoms with E-state index in [4.69, 9.17) is 0 Å². The molecule has 1 amide bonds. The number of nitrogens with one attached hydrogen (secondary N) is 2. The molecule has 1 saturated heterocycles. The van der Waals surface area contributed by atoms with Crippen molar-refractivity contribution in [2.24, 2.45) is 0 Å². The molecule has 0 bridgehead atoms. The van der Waals surface area contributed by atoms with E-state index in [1.165, 1.54) is 6.20 Å². The van der Waals surface area contributed by atoms with Crippen LogP contribution in [0.4, 0.5) is 20.3 Å². The molecule has 1 aliphatic heterocycles. The van der Waals surface area contributed by atoms with Gasteiger partial charge in [0.1, 0.15) is 5.82 Å².